The lowest BCUT2D eigenvalue weighted by Crippen LogP contribution is -2.05. The Morgan fingerprint density at radius 1 is 0.952 bits per heavy atom. The summed E-state index contributed by atoms with van der Waals surface area (Å²) in [6.45, 7) is 0. The fourth-order valence-electron chi connectivity index (χ4n) is 2.20. The van der Waals surface area contributed by atoms with Gasteiger partial charge in [0.2, 0.25) is 0 Å². The Bertz CT molecular complexity index is 589. The van der Waals surface area contributed by atoms with Crippen molar-refractivity contribution in [2.24, 2.45) is 0 Å². The molecule has 0 aliphatic carbocycles. The van der Waals surface area contributed by atoms with Gasteiger partial charge in [-0.2, -0.15) is 0 Å². The highest BCUT2D eigenvalue weighted by Gasteiger charge is 2.22. The summed E-state index contributed by atoms with van der Waals surface area (Å²) in [6.07, 6.45) is -0.00318. The molecule has 0 aliphatic heterocycles. The molecule has 0 heterocycles. The van der Waals surface area contributed by atoms with E-state index in [0.29, 0.717) is 17.1 Å². The predicted octanol–water partition coefficient (Wildman–Crippen LogP) is 4.50. The third kappa shape index (κ3) is 3.27. The van der Waals surface area contributed by atoms with Crippen LogP contribution in [0.15, 0.2) is 36.4 Å². The van der Waals surface area contributed by atoms with Gasteiger partial charge in [-0.05, 0) is 30.7 Å². The lowest BCUT2D eigenvalue weighted by molar-refractivity contribution is 0.384. The third-order valence-corrected chi connectivity index (χ3v) is 3.60. The van der Waals surface area contributed by atoms with E-state index >= 15 is 0 Å². The maximum Gasteiger partial charge on any atom is 0.129 e. The summed E-state index contributed by atoms with van der Waals surface area (Å²) in [6, 6.07) is 8.95. The van der Waals surface area contributed by atoms with Gasteiger partial charge < -0.3 is 9.47 Å². The van der Waals surface area contributed by atoms with Crippen LogP contribution in [0.5, 0.6) is 11.5 Å². The minimum atomic E-state index is -0.678. The molecular weight excluding hydrogens is 298 g/mol. The van der Waals surface area contributed by atoms with Crippen molar-refractivity contribution >= 4 is 11.6 Å². The molecule has 0 radical (unpaired) electrons. The van der Waals surface area contributed by atoms with Crippen molar-refractivity contribution in [1.82, 2.24) is 0 Å². The van der Waals surface area contributed by atoms with Crippen LogP contribution < -0.4 is 9.47 Å². The molecule has 0 fully saturated rings. The summed E-state index contributed by atoms with van der Waals surface area (Å²) in [5.41, 5.74) is 0.525. The van der Waals surface area contributed by atoms with Gasteiger partial charge in [0.25, 0.3) is 0 Å². The van der Waals surface area contributed by atoms with Gasteiger partial charge in [0.15, 0.2) is 0 Å². The number of halogens is 3. The van der Waals surface area contributed by atoms with E-state index in [1.54, 1.807) is 18.2 Å². The maximum atomic E-state index is 13.7. The van der Waals surface area contributed by atoms with Crippen molar-refractivity contribution < 1.29 is 18.3 Å². The number of benzene rings is 2. The van der Waals surface area contributed by atoms with E-state index in [-0.39, 0.29) is 12.0 Å². The highest BCUT2D eigenvalue weighted by Crippen LogP contribution is 2.39. The van der Waals surface area contributed by atoms with Crippen molar-refractivity contribution in [3.05, 3.63) is 59.2 Å². The molecule has 5 heteroatoms. The molecule has 2 rings (SSSR count). The SMILES string of the molecule is COc1cccc(OC)c1C(Cl)Cc1c(F)cccc1F. The van der Waals surface area contributed by atoms with E-state index in [4.69, 9.17) is 21.1 Å². The summed E-state index contributed by atoms with van der Waals surface area (Å²) >= 11 is 6.36. The van der Waals surface area contributed by atoms with Gasteiger partial charge in [0.1, 0.15) is 23.1 Å². The van der Waals surface area contributed by atoms with Crippen molar-refractivity contribution in [1.29, 1.82) is 0 Å². The van der Waals surface area contributed by atoms with Crippen molar-refractivity contribution in [2.75, 3.05) is 14.2 Å². The summed E-state index contributed by atoms with van der Waals surface area (Å²) < 4.78 is 38.0. The van der Waals surface area contributed by atoms with Crippen LogP contribution in [-0.4, -0.2) is 14.2 Å². The Morgan fingerprint density at radius 3 is 1.90 bits per heavy atom. The Hall–Kier alpha value is -1.81. The van der Waals surface area contributed by atoms with Gasteiger partial charge in [0, 0.05) is 5.56 Å². The molecule has 0 amide bonds. The fraction of sp³-hybridized carbons (Fsp3) is 0.250. The molecule has 0 spiro atoms. The van der Waals surface area contributed by atoms with Crippen LogP contribution in [-0.2, 0) is 6.42 Å². The van der Waals surface area contributed by atoms with Gasteiger partial charge in [-0.15, -0.1) is 11.6 Å². The first-order valence-corrected chi connectivity index (χ1v) is 6.80. The molecule has 1 atom stereocenters. The quantitative estimate of drug-likeness (QED) is 0.757. The summed E-state index contributed by atoms with van der Waals surface area (Å²) in [5, 5.41) is -0.678. The highest BCUT2D eigenvalue weighted by molar-refractivity contribution is 6.21. The van der Waals surface area contributed by atoms with E-state index in [9.17, 15) is 8.78 Å². The molecule has 0 aromatic heterocycles. The molecule has 2 aromatic rings. The first-order valence-electron chi connectivity index (χ1n) is 6.36. The zero-order valence-corrected chi connectivity index (χ0v) is 12.5. The lowest BCUT2D eigenvalue weighted by Gasteiger charge is -2.18. The predicted molar refractivity (Wildman–Crippen MR) is 78.2 cm³/mol. The molecule has 0 aliphatic rings. The molecule has 1 unspecified atom stereocenters. The van der Waals surface area contributed by atoms with Gasteiger partial charge in [-0.1, -0.05) is 12.1 Å². The van der Waals surface area contributed by atoms with Crippen LogP contribution in [0.25, 0.3) is 0 Å². The number of hydrogen-bond donors (Lipinski definition) is 0. The Labute approximate surface area is 127 Å². The number of methoxy groups -OCH3 is 2. The summed E-state index contributed by atoms with van der Waals surface area (Å²) in [5.74, 6) is -0.193. The highest BCUT2D eigenvalue weighted by atomic mass is 35.5. The van der Waals surface area contributed by atoms with Crippen LogP contribution in [0.4, 0.5) is 8.78 Å². The van der Waals surface area contributed by atoms with E-state index < -0.39 is 17.0 Å². The second-order valence-corrected chi connectivity index (χ2v) is 4.97. The number of hydrogen-bond acceptors (Lipinski definition) is 2. The van der Waals surface area contributed by atoms with Crippen molar-refractivity contribution in [3.63, 3.8) is 0 Å². The Morgan fingerprint density at radius 2 is 1.43 bits per heavy atom. The minimum absolute atomic E-state index is 0.00318. The molecule has 0 N–H and O–H groups in total. The second-order valence-electron chi connectivity index (χ2n) is 4.45. The normalized spacial score (nSPS) is 12.0. The Kier molecular flexibility index (Phi) is 5.02. The van der Waals surface area contributed by atoms with Crippen molar-refractivity contribution in [3.8, 4) is 11.5 Å². The molecule has 0 bridgehead atoms. The second kappa shape index (κ2) is 6.76. The van der Waals surface area contributed by atoms with E-state index in [0.717, 1.165) is 0 Å². The lowest BCUT2D eigenvalue weighted by atomic mass is 10.0. The van der Waals surface area contributed by atoms with Gasteiger partial charge in [-0.25, -0.2) is 8.78 Å². The van der Waals surface area contributed by atoms with Gasteiger partial charge >= 0.3 is 0 Å². The van der Waals surface area contributed by atoms with Crippen LogP contribution in [0.3, 0.4) is 0 Å². The Balaban J connectivity index is 2.39. The van der Waals surface area contributed by atoms with Crippen LogP contribution in [0, 0.1) is 11.6 Å². The summed E-state index contributed by atoms with van der Waals surface area (Å²) in [7, 11) is 3.01. The van der Waals surface area contributed by atoms with Crippen LogP contribution in [0.1, 0.15) is 16.5 Å². The fourth-order valence-corrected chi connectivity index (χ4v) is 2.57. The summed E-state index contributed by atoms with van der Waals surface area (Å²) in [4.78, 5) is 0. The van der Waals surface area contributed by atoms with Crippen molar-refractivity contribution in [2.45, 2.75) is 11.8 Å². The topological polar surface area (TPSA) is 18.5 Å². The monoisotopic (exact) mass is 312 g/mol. The first kappa shape index (κ1) is 15.6. The molecule has 0 saturated carbocycles. The molecule has 2 nitrogen and oxygen atoms in total. The van der Waals surface area contributed by atoms with Gasteiger partial charge in [0.05, 0.1) is 25.2 Å². The zero-order chi connectivity index (χ0) is 15.4. The zero-order valence-electron chi connectivity index (χ0n) is 11.7. The van der Waals surface area contributed by atoms with E-state index in [1.807, 2.05) is 0 Å². The smallest absolute Gasteiger partial charge is 0.129 e. The number of ether oxygens (including phenoxy) is 2. The largest absolute Gasteiger partial charge is 0.496 e. The average molecular weight is 313 g/mol. The minimum Gasteiger partial charge on any atom is -0.496 e. The van der Waals surface area contributed by atoms with E-state index in [2.05, 4.69) is 0 Å². The van der Waals surface area contributed by atoms with Crippen LogP contribution in [0.2, 0.25) is 0 Å². The molecule has 2 aromatic carbocycles. The standard InChI is InChI=1S/C16H15ClF2O2/c1-20-14-7-4-8-15(21-2)16(14)11(17)9-10-12(18)5-3-6-13(10)19/h3-8,11H,9H2,1-2H3. The molecule has 21 heavy (non-hydrogen) atoms. The number of rotatable bonds is 5. The maximum absolute atomic E-state index is 13.7. The van der Waals surface area contributed by atoms with Gasteiger partial charge in [-0.3, -0.25) is 0 Å². The number of alkyl halides is 1. The van der Waals surface area contributed by atoms with Crippen LogP contribution >= 0.6 is 11.6 Å². The molecule has 0 saturated heterocycles. The van der Waals surface area contributed by atoms with E-state index in [1.165, 1.54) is 32.4 Å². The first-order chi connectivity index (χ1) is 10.1. The average Bonchev–Trinajstić information content (AvgIpc) is 2.49. The molecule has 112 valence electrons. The third-order valence-electron chi connectivity index (χ3n) is 3.22. The molecular formula is C16H15ClF2O2.